The van der Waals surface area contributed by atoms with Gasteiger partial charge in [0.2, 0.25) is 5.89 Å². The maximum atomic E-state index is 11.7. The highest BCUT2D eigenvalue weighted by atomic mass is 16.5. The fourth-order valence-electron chi connectivity index (χ4n) is 2.54. The van der Waals surface area contributed by atoms with Crippen LogP contribution < -0.4 is 16.4 Å². The molecule has 0 radical (unpaired) electrons. The van der Waals surface area contributed by atoms with E-state index in [1.165, 1.54) is 12.8 Å². The molecule has 1 aromatic heterocycles. The Hall–Kier alpha value is -2.20. The van der Waals surface area contributed by atoms with Crippen molar-refractivity contribution in [3.05, 3.63) is 11.7 Å². The van der Waals surface area contributed by atoms with Crippen molar-refractivity contribution in [2.45, 2.75) is 38.3 Å². The number of amides is 3. The third-order valence-electron chi connectivity index (χ3n) is 3.75. The number of aliphatic hydroxyl groups is 1. The molecule has 0 aromatic carbocycles. The molecule has 1 aromatic rings. The summed E-state index contributed by atoms with van der Waals surface area (Å²) < 4.78 is 4.75. The van der Waals surface area contributed by atoms with E-state index < -0.39 is 18.0 Å². The van der Waals surface area contributed by atoms with E-state index in [4.69, 9.17) is 10.3 Å². The number of nitrogens with one attached hydrogen (secondary N) is 2. The van der Waals surface area contributed by atoms with Gasteiger partial charge in [-0.25, -0.2) is 4.79 Å². The topological polar surface area (TPSA) is 147 Å². The van der Waals surface area contributed by atoms with Gasteiger partial charge in [-0.3, -0.25) is 4.79 Å². The quantitative estimate of drug-likeness (QED) is 0.508. The molecule has 2 rings (SSSR count). The lowest BCUT2D eigenvalue weighted by atomic mass is 10.2. The Labute approximate surface area is 139 Å². The van der Waals surface area contributed by atoms with Crippen molar-refractivity contribution in [3.63, 3.8) is 0 Å². The Kier molecular flexibility index (Phi) is 6.94. The van der Waals surface area contributed by atoms with Crippen LogP contribution in [0.25, 0.3) is 0 Å². The first-order valence-electron chi connectivity index (χ1n) is 8.09. The normalized spacial score (nSPS) is 17.0. The molecule has 1 atom stereocenters. The molecule has 0 aliphatic carbocycles. The Morgan fingerprint density at radius 2 is 1.96 bits per heavy atom. The third-order valence-corrected chi connectivity index (χ3v) is 3.75. The number of β-amino-alcohol motifs (C(OH)–C–C–N with tert-alkyl or cyclic N) is 1. The molecule has 5 N–H and O–H groups in total. The van der Waals surface area contributed by atoms with Crippen LogP contribution in [0.1, 0.15) is 42.2 Å². The van der Waals surface area contributed by atoms with Gasteiger partial charge in [0.15, 0.2) is 0 Å². The van der Waals surface area contributed by atoms with Crippen molar-refractivity contribution < 1.29 is 19.2 Å². The molecular formula is C14H24N6O4. The van der Waals surface area contributed by atoms with Crippen molar-refractivity contribution in [1.82, 2.24) is 25.7 Å². The number of aliphatic hydroxyl groups excluding tert-OH is 1. The van der Waals surface area contributed by atoms with E-state index in [9.17, 15) is 14.7 Å². The first-order chi connectivity index (χ1) is 11.5. The monoisotopic (exact) mass is 340 g/mol. The Bertz CT molecular complexity index is 541. The highest BCUT2D eigenvalue weighted by Crippen LogP contribution is 2.09. The lowest BCUT2D eigenvalue weighted by Gasteiger charge is -2.23. The fraction of sp³-hybridized carbons (Fsp3) is 0.714. The molecule has 0 saturated carbocycles. The van der Waals surface area contributed by atoms with E-state index in [-0.39, 0.29) is 24.8 Å². The first kappa shape index (κ1) is 18.1. The molecule has 10 heteroatoms. The molecule has 2 heterocycles. The zero-order valence-corrected chi connectivity index (χ0v) is 13.5. The molecule has 134 valence electrons. The Morgan fingerprint density at radius 3 is 2.58 bits per heavy atom. The van der Waals surface area contributed by atoms with Crippen LogP contribution in [0, 0.1) is 0 Å². The summed E-state index contributed by atoms with van der Waals surface area (Å²) >= 11 is 0. The maximum absolute atomic E-state index is 11.7. The average molecular weight is 340 g/mol. The van der Waals surface area contributed by atoms with E-state index in [0.29, 0.717) is 6.54 Å². The molecule has 1 aliphatic rings. The molecule has 3 amide bonds. The van der Waals surface area contributed by atoms with Crippen LogP contribution >= 0.6 is 0 Å². The number of aromatic nitrogens is 2. The van der Waals surface area contributed by atoms with Crippen LogP contribution in [0.3, 0.4) is 0 Å². The smallest absolute Gasteiger partial charge is 0.315 e. The second-order valence-electron chi connectivity index (χ2n) is 5.81. The van der Waals surface area contributed by atoms with Gasteiger partial charge < -0.3 is 30.9 Å². The summed E-state index contributed by atoms with van der Waals surface area (Å²) in [7, 11) is 0. The van der Waals surface area contributed by atoms with Crippen LogP contribution in [0.5, 0.6) is 0 Å². The zero-order chi connectivity index (χ0) is 17.4. The van der Waals surface area contributed by atoms with E-state index in [1.807, 2.05) is 0 Å². The molecule has 10 nitrogen and oxygen atoms in total. The third kappa shape index (κ3) is 6.13. The number of carbonyl (C=O) groups is 2. The lowest BCUT2D eigenvalue weighted by molar-refractivity contribution is 0.0987. The van der Waals surface area contributed by atoms with Crippen LogP contribution in [0.15, 0.2) is 4.52 Å². The predicted octanol–water partition coefficient (Wildman–Crippen LogP) is -0.795. The molecule has 1 unspecified atom stereocenters. The molecule has 1 aliphatic heterocycles. The van der Waals surface area contributed by atoms with Crippen molar-refractivity contribution in [2.75, 3.05) is 26.2 Å². The number of hydrogen-bond donors (Lipinski definition) is 4. The Balaban J connectivity index is 1.63. The number of primary amides is 1. The van der Waals surface area contributed by atoms with Crippen LogP contribution in [-0.4, -0.2) is 64.4 Å². The molecular weight excluding hydrogens is 316 g/mol. The summed E-state index contributed by atoms with van der Waals surface area (Å²) in [5.74, 6) is -0.963. The Morgan fingerprint density at radius 1 is 1.25 bits per heavy atom. The minimum atomic E-state index is -0.800. The van der Waals surface area contributed by atoms with Gasteiger partial charge in [-0.15, -0.1) is 0 Å². The number of hydrogen-bond acceptors (Lipinski definition) is 7. The number of nitrogens with two attached hydrogens (primary N) is 1. The maximum Gasteiger partial charge on any atom is 0.315 e. The standard InChI is InChI=1S/C14H24N6O4/c15-12(22)13-18-11(24-19-13)8-17-14(23)16-7-10(21)9-20-5-3-1-2-4-6-20/h10,21H,1-9H2,(H2,15,22)(H2,16,17,23). The number of urea groups is 1. The minimum absolute atomic E-state index is 0.0334. The largest absolute Gasteiger partial charge is 0.390 e. The second kappa shape index (κ2) is 9.18. The van der Waals surface area contributed by atoms with Crippen molar-refractivity contribution in [3.8, 4) is 0 Å². The second-order valence-corrected chi connectivity index (χ2v) is 5.81. The summed E-state index contributed by atoms with van der Waals surface area (Å²) in [6, 6.07) is -0.469. The highest BCUT2D eigenvalue weighted by molar-refractivity contribution is 5.88. The van der Waals surface area contributed by atoms with Crippen molar-refractivity contribution >= 4 is 11.9 Å². The SMILES string of the molecule is NC(=O)c1noc(CNC(=O)NCC(O)CN2CCCCCC2)n1. The summed E-state index contributed by atoms with van der Waals surface area (Å²) in [4.78, 5) is 28.4. The number of carbonyl (C=O) groups excluding carboxylic acids is 2. The summed E-state index contributed by atoms with van der Waals surface area (Å²) in [6.07, 6.45) is 4.15. The number of likely N-dealkylation sites (tertiary alicyclic amines) is 1. The molecule has 24 heavy (non-hydrogen) atoms. The van der Waals surface area contributed by atoms with Crippen LogP contribution in [-0.2, 0) is 6.54 Å². The van der Waals surface area contributed by atoms with Gasteiger partial charge in [0, 0.05) is 13.1 Å². The molecule has 1 saturated heterocycles. The van der Waals surface area contributed by atoms with Gasteiger partial charge in [-0.2, -0.15) is 4.98 Å². The number of rotatable bonds is 7. The van der Waals surface area contributed by atoms with Gasteiger partial charge in [0.05, 0.1) is 12.6 Å². The van der Waals surface area contributed by atoms with Crippen molar-refractivity contribution in [2.24, 2.45) is 5.73 Å². The van der Waals surface area contributed by atoms with E-state index in [1.54, 1.807) is 0 Å². The van der Waals surface area contributed by atoms with Crippen LogP contribution in [0.4, 0.5) is 4.79 Å². The van der Waals surface area contributed by atoms with Gasteiger partial charge >= 0.3 is 6.03 Å². The summed E-state index contributed by atoms with van der Waals surface area (Å²) in [5.41, 5.74) is 5.00. The van der Waals surface area contributed by atoms with Gasteiger partial charge in [0.1, 0.15) is 0 Å². The zero-order valence-electron chi connectivity index (χ0n) is 13.5. The van der Waals surface area contributed by atoms with Gasteiger partial charge in [0.25, 0.3) is 11.7 Å². The fourth-order valence-corrected chi connectivity index (χ4v) is 2.54. The molecule has 0 spiro atoms. The molecule has 1 fully saturated rings. The highest BCUT2D eigenvalue weighted by Gasteiger charge is 2.15. The summed E-state index contributed by atoms with van der Waals surface area (Å²) in [6.45, 7) is 2.64. The summed E-state index contributed by atoms with van der Waals surface area (Å²) in [5, 5.41) is 18.5. The lowest BCUT2D eigenvalue weighted by Crippen LogP contribution is -2.43. The van der Waals surface area contributed by atoms with Crippen molar-refractivity contribution in [1.29, 1.82) is 0 Å². The number of nitrogens with zero attached hydrogens (tertiary/aromatic N) is 3. The van der Waals surface area contributed by atoms with E-state index in [0.717, 1.165) is 25.9 Å². The van der Waals surface area contributed by atoms with E-state index in [2.05, 4.69) is 25.7 Å². The first-order valence-corrected chi connectivity index (χ1v) is 8.09. The minimum Gasteiger partial charge on any atom is -0.390 e. The van der Waals surface area contributed by atoms with Crippen LogP contribution in [0.2, 0.25) is 0 Å². The predicted molar refractivity (Wildman–Crippen MR) is 84.0 cm³/mol. The molecule has 0 bridgehead atoms. The van der Waals surface area contributed by atoms with Gasteiger partial charge in [-0.05, 0) is 25.9 Å². The average Bonchev–Trinajstić information content (AvgIpc) is 2.89. The van der Waals surface area contributed by atoms with E-state index >= 15 is 0 Å². The van der Waals surface area contributed by atoms with Gasteiger partial charge in [-0.1, -0.05) is 18.0 Å².